The van der Waals surface area contributed by atoms with Gasteiger partial charge in [-0.15, -0.1) is 0 Å². The van der Waals surface area contributed by atoms with Crippen molar-refractivity contribution in [3.8, 4) is 0 Å². The summed E-state index contributed by atoms with van der Waals surface area (Å²) < 4.78 is 5.10. The molecule has 1 aliphatic rings. The zero-order valence-electron chi connectivity index (χ0n) is 10.9. The number of rotatable bonds is 4. The largest absolute Gasteiger partial charge is 0.449 e. The molecule has 0 aromatic carbocycles. The van der Waals surface area contributed by atoms with Gasteiger partial charge in [-0.2, -0.15) is 0 Å². The molecule has 0 radical (unpaired) electrons. The maximum Gasteiger partial charge on any atom is 0.315 e. The average Bonchev–Trinajstić information content (AvgIpc) is 2.76. The summed E-state index contributed by atoms with van der Waals surface area (Å²) in [6.07, 6.45) is 8.30. The van der Waals surface area contributed by atoms with E-state index >= 15 is 0 Å². The number of urea groups is 1. The van der Waals surface area contributed by atoms with E-state index in [1.54, 1.807) is 6.26 Å². The monoisotopic (exact) mass is 251 g/mol. The fourth-order valence-corrected chi connectivity index (χ4v) is 2.31. The molecule has 0 spiro atoms. The highest BCUT2D eigenvalue weighted by molar-refractivity contribution is 5.74. The molecule has 1 aromatic rings. The zero-order chi connectivity index (χ0) is 12.8. The fraction of sp³-hybridized carbons (Fsp3) is 0.692. The van der Waals surface area contributed by atoms with Gasteiger partial charge in [0.1, 0.15) is 6.26 Å². The molecule has 2 N–H and O–H groups in total. The van der Waals surface area contributed by atoms with Crippen LogP contribution in [0.5, 0.6) is 0 Å². The normalized spacial score (nSPS) is 16.5. The number of hydrogen-bond donors (Lipinski definition) is 2. The highest BCUT2D eigenvalue weighted by Crippen LogP contribution is 2.17. The number of aryl methyl sites for hydroxylation is 1. The third-order valence-electron chi connectivity index (χ3n) is 3.27. The summed E-state index contributed by atoms with van der Waals surface area (Å²) in [5, 5.41) is 5.87. The van der Waals surface area contributed by atoms with E-state index in [9.17, 15) is 4.79 Å². The molecule has 2 amide bonds. The van der Waals surface area contributed by atoms with Crippen molar-refractivity contribution < 1.29 is 9.21 Å². The van der Waals surface area contributed by atoms with Crippen molar-refractivity contribution in [3.05, 3.63) is 17.8 Å². The van der Waals surface area contributed by atoms with Gasteiger partial charge in [0.25, 0.3) is 0 Å². The molecule has 0 bridgehead atoms. The summed E-state index contributed by atoms with van der Waals surface area (Å²) in [5.74, 6) is 0.664. The number of nitrogens with one attached hydrogen (secondary N) is 2. The number of aromatic nitrogens is 1. The molecule has 0 aliphatic heterocycles. The van der Waals surface area contributed by atoms with Crippen molar-refractivity contribution in [2.24, 2.45) is 0 Å². The van der Waals surface area contributed by atoms with Crippen LogP contribution in [0.25, 0.3) is 0 Å². The Hall–Kier alpha value is -1.52. The SMILES string of the molecule is Cc1nc(CCNC(=O)NC2CCCCC2)co1. The van der Waals surface area contributed by atoms with Crippen LogP contribution in [0.15, 0.2) is 10.7 Å². The minimum atomic E-state index is -0.0675. The zero-order valence-corrected chi connectivity index (χ0v) is 10.9. The molecule has 0 atom stereocenters. The minimum Gasteiger partial charge on any atom is -0.449 e. The quantitative estimate of drug-likeness (QED) is 0.861. The third-order valence-corrected chi connectivity index (χ3v) is 3.27. The topological polar surface area (TPSA) is 67.2 Å². The summed E-state index contributed by atoms with van der Waals surface area (Å²) in [6.45, 7) is 2.40. The lowest BCUT2D eigenvalue weighted by Crippen LogP contribution is -2.43. The number of oxazole rings is 1. The van der Waals surface area contributed by atoms with Gasteiger partial charge in [0.2, 0.25) is 0 Å². The summed E-state index contributed by atoms with van der Waals surface area (Å²) in [4.78, 5) is 15.8. The van der Waals surface area contributed by atoms with Gasteiger partial charge in [0.15, 0.2) is 5.89 Å². The predicted molar refractivity (Wildman–Crippen MR) is 68.4 cm³/mol. The first kappa shape index (κ1) is 12.9. The van der Waals surface area contributed by atoms with Crippen LogP contribution < -0.4 is 10.6 Å². The van der Waals surface area contributed by atoms with E-state index in [4.69, 9.17) is 4.42 Å². The Morgan fingerprint density at radius 1 is 1.44 bits per heavy atom. The molecule has 0 saturated heterocycles. The van der Waals surface area contributed by atoms with Crippen LogP contribution >= 0.6 is 0 Å². The minimum absolute atomic E-state index is 0.0675. The Labute approximate surface area is 107 Å². The molecule has 1 aliphatic carbocycles. The van der Waals surface area contributed by atoms with Crippen molar-refractivity contribution in [2.45, 2.75) is 51.5 Å². The van der Waals surface area contributed by atoms with Gasteiger partial charge in [-0.05, 0) is 12.8 Å². The van der Waals surface area contributed by atoms with Crippen molar-refractivity contribution in [1.82, 2.24) is 15.6 Å². The number of nitrogens with zero attached hydrogens (tertiary/aromatic N) is 1. The molecule has 0 unspecified atom stereocenters. The predicted octanol–water partition coefficient (Wildman–Crippen LogP) is 2.16. The van der Waals surface area contributed by atoms with Crippen LogP contribution in [0, 0.1) is 6.92 Å². The van der Waals surface area contributed by atoms with E-state index in [-0.39, 0.29) is 6.03 Å². The first-order valence-electron chi connectivity index (χ1n) is 6.69. The molecule has 1 saturated carbocycles. The molecular weight excluding hydrogens is 230 g/mol. The Kier molecular flexibility index (Phi) is 4.61. The van der Waals surface area contributed by atoms with Crippen molar-refractivity contribution >= 4 is 6.03 Å². The summed E-state index contributed by atoms with van der Waals surface area (Å²) >= 11 is 0. The molecule has 1 fully saturated rings. The lowest BCUT2D eigenvalue weighted by Gasteiger charge is -2.22. The van der Waals surface area contributed by atoms with Gasteiger partial charge < -0.3 is 15.1 Å². The van der Waals surface area contributed by atoms with E-state index in [2.05, 4.69) is 15.6 Å². The van der Waals surface area contributed by atoms with E-state index in [0.29, 0.717) is 24.9 Å². The van der Waals surface area contributed by atoms with E-state index in [1.165, 1.54) is 19.3 Å². The second kappa shape index (κ2) is 6.42. The molecule has 2 rings (SSSR count). The summed E-state index contributed by atoms with van der Waals surface area (Å²) in [5.41, 5.74) is 0.880. The van der Waals surface area contributed by atoms with Crippen LogP contribution in [0.4, 0.5) is 4.79 Å². The molecule has 5 nitrogen and oxygen atoms in total. The maximum atomic E-state index is 11.6. The van der Waals surface area contributed by atoms with Crippen molar-refractivity contribution in [3.63, 3.8) is 0 Å². The van der Waals surface area contributed by atoms with Crippen LogP contribution in [0.1, 0.15) is 43.7 Å². The van der Waals surface area contributed by atoms with Gasteiger partial charge in [0, 0.05) is 25.9 Å². The standard InChI is InChI=1S/C13H21N3O2/c1-10-15-12(9-18-10)7-8-14-13(17)16-11-5-3-2-4-6-11/h9,11H,2-8H2,1H3,(H2,14,16,17). The van der Waals surface area contributed by atoms with E-state index in [0.717, 1.165) is 18.5 Å². The number of amides is 2. The second-order valence-corrected chi connectivity index (χ2v) is 4.84. The molecule has 1 aromatic heterocycles. The first-order valence-corrected chi connectivity index (χ1v) is 6.69. The lowest BCUT2D eigenvalue weighted by molar-refractivity contribution is 0.233. The van der Waals surface area contributed by atoms with Gasteiger partial charge in [-0.3, -0.25) is 0 Å². The van der Waals surface area contributed by atoms with Crippen LogP contribution in [0.2, 0.25) is 0 Å². The van der Waals surface area contributed by atoms with Gasteiger partial charge >= 0.3 is 6.03 Å². The Morgan fingerprint density at radius 3 is 2.89 bits per heavy atom. The third kappa shape index (κ3) is 4.05. The summed E-state index contributed by atoms with van der Waals surface area (Å²) in [6, 6.07) is 0.287. The van der Waals surface area contributed by atoms with Crippen LogP contribution in [-0.4, -0.2) is 23.6 Å². The highest BCUT2D eigenvalue weighted by atomic mass is 16.3. The molecule has 5 heteroatoms. The smallest absolute Gasteiger partial charge is 0.315 e. The van der Waals surface area contributed by atoms with Gasteiger partial charge in [-0.25, -0.2) is 9.78 Å². The first-order chi connectivity index (χ1) is 8.74. The highest BCUT2D eigenvalue weighted by Gasteiger charge is 2.15. The lowest BCUT2D eigenvalue weighted by atomic mass is 9.96. The second-order valence-electron chi connectivity index (χ2n) is 4.84. The van der Waals surface area contributed by atoms with Crippen LogP contribution in [-0.2, 0) is 6.42 Å². The Morgan fingerprint density at radius 2 is 2.22 bits per heavy atom. The number of carbonyl (C=O) groups is 1. The van der Waals surface area contributed by atoms with Crippen LogP contribution in [0.3, 0.4) is 0 Å². The molecule has 100 valence electrons. The number of carbonyl (C=O) groups excluding carboxylic acids is 1. The molecular formula is C13H21N3O2. The van der Waals surface area contributed by atoms with Gasteiger partial charge in [-0.1, -0.05) is 19.3 Å². The molecule has 18 heavy (non-hydrogen) atoms. The van der Waals surface area contributed by atoms with Gasteiger partial charge in [0.05, 0.1) is 5.69 Å². The number of hydrogen-bond acceptors (Lipinski definition) is 3. The van der Waals surface area contributed by atoms with E-state index in [1.807, 2.05) is 6.92 Å². The van der Waals surface area contributed by atoms with E-state index < -0.39 is 0 Å². The average molecular weight is 251 g/mol. The Balaban J connectivity index is 1.62. The van der Waals surface area contributed by atoms with Crippen molar-refractivity contribution in [2.75, 3.05) is 6.54 Å². The molecule has 1 heterocycles. The Bertz CT molecular complexity index is 383. The summed E-state index contributed by atoms with van der Waals surface area (Å²) in [7, 11) is 0. The van der Waals surface area contributed by atoms with Crippen molar-refractivity contribution in [1.29, 1.82) is 0 Å². The fourth-order valence-electron chi connectivity index (χ4n) is 2.31. The maximum absolute atomic E-state index is 11.6.